The molecular weight excluding hydrogens is 322 g/mol. The first-order valence-electron chi connectivity index (χ1n) is 7.80. The third-order valence-corrected chi connectivity index (χ3v) is 5.59. The highest BCUT2D eigenvalue weighted by Gasteiger charge is 2.25. The van der Waals surface area contributed by atoms with E-state index in [0.29, 0.717) is 23.2 Å². The van der Waals surface area contributed by atoms with Crippen LogP contribution in [-0.2, 0) is 14.8 Å². The van der Waals surface area contributed by atoms with Crippen molar-refractivity contribution < 1.29 is 13.2 Å². The number of nitrogens with one attached hydrogen (secondary N) is 1. The number of para-hydroxylation sites is 1. The van der Waals surface area contributed by atoms with Gasteiger partial charge in [-0.15, -0.1) is 0 Å². The van der Waals surface area contributed by atoms with Crippen LogP contribution < -0.4 is 4.72 Å². The first-order valence-corrected chi connectivity index (χ1v) is 9.28. The van der Waals surface area contributed by atoms with E-state index in [-0.39, 0.29) is 10.7 Å². The van der Waals surface area contributed by atoms with Gasteiger partial charge < -0.3 is 0 Å². The van der Waals surface area contributed by atoms with Crippen LogP contribution >= 0.6 is 0 Å². The van der Waals surface area contributed by atoms with Gasteiger partial charge in [-0.25, -0.2) is 8.42 Å². The van der Waals surface area contributed by atoms with Crippen LogP contribution in [0.25, 0.3) is 5.57 Å². The molecule has 1 N–H and O–H groups in total. The van der Waals surface area contributed by atoms with Gasteiger partial charge in [-0.05, 0) is 38.5 Å². The summed E-state index contributed by atoms with van der Waals surface area (Å²) in [6.07, 6.45) is 1.22. The lowest BCUT2D eigenvalue weighted by Gasteiger charge is -2.14. The number of Topliss-reactive ketones (excluding diaryl/α,β-unsaturated/α-hetero) is 1. The molecule has 24 heavy (non-hydrogen) atoms. The number of allylic oxidation sites excluding steroid dienone is 2. The van der Waals surface area contributed by atoms with Crippen LogP contribution in [0.3, 0.4) is 0 Å². The van der Waals surface area contributed by atoms with Gasteiger partial charge in [0.15, 0.2) is 5.78 Å². The summed E-state index contributed by atoms with van der Waals surface area (Å²) in [5.74, 6) is 0.0643. The fourth-order valence-corrected chi connectivity index (χ4v) is 3.96. The zero-order valence-electron chi connectivity index (χ0n) is 13.7. The predicted octanol–water partition coefficient (Wildman–Crippen LogP) is 3.93. The predicted molar refractivity (Wildman–Crippen MR) is 95.3 cm³/mol. The Morgan fingerprint density at radius 1 is 0.917 bits per heavy atom. The smallest absolute Gasteiger partial charge is 0.261 e. The van der Waals surface area contributed by atoms with E-state index in [0.717, 1.165) is 17.6 Å². The first kappa shape index (κ1) is 16.5. The number of ketones is 1. The summed E-state index contributed by atoms with van der Waals surface area (Å²) in [6.45, 7) is 3.82. The molecule has 3 rings (SSSR count). The van der Waals surface area contributed by atoms with Gasteiger partial charge in [0.05, 0.1) is 10.6 Å². The Morgan fingerprint density at radius 2 is 1.58 bits per heavy atom. The lowest BCUT2D eigenvalue weighted by Crippen LogP contribution is -2.14. The van der Waals surface area contributed by atoms with Crippen molar-refractivity contribution in [2.24, 2.45) is 0 Å². The van der Waals surface area contributed by atoms with Gasteiger partial charge in [0, 0.05) is 17.6 Å². The average Bonchev–Trinajstić information content (AvgIpc) is 2.87. The van der Waals surface area contributed by atoms with Crippen LogP contribution in [0.5, 0.6) is 0 Å². The molecule has 0 aromatic heterocycles. The van der Waals surface area contributed by atoms with Crippen LogP contribution in [0.4, 0.5) is 5.69 Å². The number of benzene rings is 2. The van der Waals surface area contributed by atoms with Crippen molar-refractivity contribution in [3.63, 3.8) is 0 Å². The molecule has 1 aliphatic rings. The summed E-state index contributed by atoms with van der Waals surface area (Å²) >= 11 is 0. The molecule has 0 amide bonds. The van der Waals surface area contributed by atoms with Gasteiger partial charge in [-0.1, -0.05) is 41.5 Å². The zero-order valence-corrected chi connectivity index (χ0v) is 14.5. The number of carbonyl (C=O) groups excluding carboxylic acids is 1. The number of carbonyl (C=O) groups is 1. The molecule has 0 aliphatic heterocycles. The molecule has 4 nitrogen and oxygen atoms in total. The monoisotopic (exact) mass is 341 g/mol. The molecule has 0 spiro atoms. The molecule has 124 valence electrons. The summed E-state index contributed by atoms with van der Waals surface area (Å²) in [4.78, 5) is 12.4. The molecule has 2 aromatic rings. The van der Waals surface area contributed by atoms with Crippen LogP contribution in [0.1, 0.15) is 30.9 Å². The number of hydrogen-bond acceptors (Lipinski definition) is 3. The van der Waals surface area contributed by atoms with Gasteiger partial charge in [0.25, 0.3) is 10.0 Å². The van der Waals surface area contributed by atoms with Crippen LogP contribution in [0.15, 0.2) is 59.0 Å². The standard InChI is InChI=1S/C19H19NO3S/c1-13-7-10-15(11-8-13)24(22,23)20-17-6-4-3-5-16(17)19-14(2)9-12-18(19)21/h3-8,10-11,20H,9,12H2,1-2H3. The second-order valence-electron chi connectivity index (χ2n) is 6.04. The van der Waals surface area contributed by atoms with Crippen LogP contribution in [0.2, 0.25) is 0 Å². The third kappa shape index (κ3) is 3.12. The zero-order chi connectivity index (χ0) is 17.3. The van der Waals surface area contributed by atoms with Gasteiger partial charge in [0.1, 0.15) is 0 Å². The Balaban J connectivity index is 2.01. The molecule has 0 fully saturated rings. The SMILES string of the molecule is CC1=C(c2ccccc2NS(=O)(=O)c2ccc(C)cc2)C(=O)CC1. The van der Waals surface area contributed by atoms with Crippen molar-refractivity contribution in [2.45, 2.75) is 31.6 Å². The topological polar surface area (TPSA) is 63.2 Å². The van der Waals surface area contributed by atoms with E-state index in [4.69, 9.17) is 0 Å². The molecule has 0 unspecified atom stereocenters. The summed E-state index contributed by atoms with van der Waals surface area (Å²) in [5.41, 5.74) is 3.71. The van der Waals surface area contributed by atoms with Crippen molar-refractivity contribution in [1.82, 2.24) is 0 Å². The lowest BCUT2D eigenvalue weighted by atomic mass is 10.0. The van der Waals surface area contributed by atoms with E-state index in [1.54, 1.807) is 42.5 Å². The van der Waals surface area contributed by atoms with Crippen molar-refractivity contribution in [2.75, 3.05) is 4.72 Å². The van der Waals surface area contributed by atoms with Crippen LogP contribution in [0, 0.1) is 6.92 Å². The molecule has 0 saturated carbocycles. The quantitative estimate of drug-likeness (QED) is 0.916. The van der Waals surface area contributed by atoms with E-state index in [2.05, 4.69) is 4.72 Å². The Labute approximate surface area is 142 Å². The normalized spacial score (nSPS) is 15.0. The highest BCUT2D eigenvalue weighted by molar-refractivity contribution is 7.92. The number of sulfonamides is 1. The molecule has 0 saturated heterocycles. The maximum Gasteiger partial charge on any atom is 0.261 e. The van der Waals surface area contributed by atoms with Gasteiger partial charge in [-0.2, -0.15) is 0 Å². The first-order chi connectivity index (χ1) is 11.4. The van der Waals surface area contributed by atoms with Crippen molar-refractivity contribution in [3.8, 4) is 0 Å². The molecule has 2 aromatic carbocycles. The van der Waals surface area contributed by atoms with Crippen LogP contribution in [-0.4, -0.2) is 14.2 Å². The average molecular weight is 341 g/mol. The molecule has 0 heterocycles. The molecule has 5 heteroatoms. The minimum atomic E-state index is -3.70. The number of aryl methyl sites for hydroxylation is 1. The van der Waals surface area contributed by atoms with Gasteiger partial charge >= 0.3 is 0 Å². The van der Waals surface area contributed by atoms with Crippen molar-refractivity contribution >= 4 is 27.1 Å². The van der Waals surface area contributed by atoms with E-state index in [1.807, 2.05) is 19.9 Å². The Bertz CT molecular complexity index is 925. The number of anilines is 1. The molecule has 1 aliphatic carbocycles. The highest BCUT2D eigenvalue weighted by atomic mass is 32.2. The van der Waals surface area contributed by atoms with Gasteiger partial charge in [0.2, 0.25) is 0 Å². The largest absolute Gasteiger partial charge is 0.294 e. The number of rotatable bonds is 4. The molecule has 0 radical (unpaired) electrons. The molecular formula is C19H19NO3S. The Morgan fingerprint density at radius 3 is 2.21 bits per heavy atom. The summed E-state index contributed by atoms with van der Waals surface area (Å²) in [7, 11) is -3.70. The van der Waals surface area contributed by atoms with Crippen molar-refractivity contribution in [1.29, 1.82) is 0 Å². The van der Waals surface area contributed by atoms with E-state index in [9.17, 15) is 13.2 Å². The lowest BCUT2D eigenvalue weighted by molar-refractivity contribution is -0.113. The fraction of sp³-hybridized carbons (Fsp3) is 0.211. The van der Waals surface area contributed by atoms with Gasteiger partial charge in [-0.3, -0.25) is 9.52 Å². The highest BCUT2D eigenvalue weighted by Crippen LogP contribution is 2.35. The third-order valence-electron chi connectivity index (χ3n) is 4.20. The Hall–Kier alpha value is -2.40. The minimum absolute atomic E-state index is 0.0643. The number of hydrogen-bond donors (Lipinski definition) is 1. The second-order valence-corrected chi connectivity index (χ2v) is 7.73. The maximum atomic E-state index is 12.6. The van der Waals surface area contributed by atoms with Crippen molar-refractivity contribution in [3.05, 3.63) is 65.2 Å². The fourth-order valence-electron chi connectivity index (χ4n) is 2.88. The summed E-state index contributed by atoms with van der Waals surface area (Å²) < 4.78 is 27.9. The van der Waals surface area contributed by atoms with E-state index in [1.165, 1.54) is 0 Å². The Kier molecular flexibility index (Phi) is 4.28. The summed E-state index contributed by atoms with van der Waals surface area (Å²) in [6, 6.07) is 13.7. The maximum absolute atomic E-state index is 12.6. The summed E-state index contributed by atoms with van der Waals surface area (Å²) in [5, 5.41) is 0. The second kappa shape index (κ2) is 6.24. The van der Waals surface area contributed by atoms with E-state index >= 15 is 0 Å². The molecule has 0 atom stereocenters. The minimum Gasteiger partial charge on any atom is -0.294 e. The molecule has 0 bridgehead atoms. The van der Waals surface area contributed by atoms with E-state index < -0.39 is 10.0 Å².